The summed E-state index contributed by atoms with van der Waals surface area (Å²) in [5, 5.41) is -0.00928. The summed E-state index contributed by atoms with van der Waals surface area (Å²) in [5.41, 5.74) is 0. The van der Waals surface area contributed by atoms with E-state index in [-0.39, 0.29) is 14.8 Å². The predicted octanol–water partition coefficient (Wildman–Crippen LogP) is 1.66. The van der Waals surface area contributed by atoms with Crippen LogP contribution in [-0.2, 0) is 29.3 Å². The first-order valence-electron chi connectivity index (χ1n) is 7.96. The van der Waals surface area contributed by atoms with E-state index in [0.717, 1.165) is 18.7 Å². The van der Waals surface area contributed by atoms with Crippen molar-refractivity contribution in [3.05, 3.63) is 23.2 Å². The van der Waals surface area contributed by atoms with Crippen LogP contribution in [0.1, 0.15) is 19.3 Å². The molecule has 1 aromatic carbocycles. The average molecular weight is 410 g/mol. The number of sulfone groups is 1. The molecule has 25 heavy (non-hydrogen) atoms. The van der Waals surface area contributed by atoms with E-state index in [1.807, 2.05) is 0 Å². The maximum atomic E-state index is 13.2. The number of rotatable bonds is 4. The summed E-state index contributed by atoms with van der Waals surface area (Å²) >= 11 is 6.09. The standard InChI is InChI=1S/C15H20ClNO6S2/c1-24(18,19)11-5-6-12(16)14(10-11)25(20,21)17-7-3-2-4-13(17)15-22-8-9-23-15/h5-6,10,13,15H,2-4,7-9H2,1H3/t13-/m1/s1. The molecule has 0 aliphatic carbocycles. The minimum Gasteiger partial charge on any atom is -0.349 e. The van der Waals surface area contributed by atoms with Gasteiger partial charge in [0.15, 0.2) is 16.1 Å². The largest absolute Gasteiger partial charge is 0.349 e. The van der Waals surface area contributed by atoms with Crippen LogP contribution in [0.2, 0.25) is 5.02 Å². The summed E-state index contributed by atoms with van der Waals surface area (Å²) in [6.07, 6.45) is 2.62. The first-order chi connectivity index (χ1) is 11.7. The number of halogens is 1. The number of hydrogen-bond donors (Lipinski definition) is 0. The van der Waals surface area contributed by atoms with Gasteiger partial charge in [0.25, 0.3) is 0 Å². The molecule has 7 nitrogen and oxygen atoms in total. The van der Waals surface area contributed by atoms with Crippen molar-refractivity contribution in [2.24, 2.45) is 0 Å². The van der Waals surface area contributed by atoms with Gasteiger partial charge in [0.05, 0.1) is 29.2 Å². The van der Waals surface area contributed by atoms with E-state index in [9.17, 15) is 16.8 Å². The Hall–Kier alpha value is -0.710. The van der Waals surface area contributed by atoms with Crippen LogP contribution in [0, 0.1) is 0 Å². The highest BCUT2D eigenvalue weighted by Crippen LogP contribution is 2.33. The molecule has 3 rings (SSSR count). The second-order valence-electron chi connectivity index (χ2n) is 6.15. The van der Waals surface area contributed by atoms with Gasteiger partial charge in [-0.25, -0.2) is 16.8 Å². The third-order valence-electron chi connectivity index (χ3n) is 4.38. The van der Waals surface area contributed by atoms with Gasteiger partial charge in [-0.15, -0.1) is 0 Å². The Bertz CT molecular complexity index is 849. The van der Waals surface area contributed by atoms with Gasteiger partial charge in [-0.1, -0.05) is 18.0 Å². The minimum atomic E-state index is -3.99. The zero-order valence-corrected chi connectivity index (χ0v) is 16.1. The molecular formula is C15H20ClNO6S2. The number of ether oxygens (including phenoxy) is 2. The van der Waals surface area contributed by atoms with E-state index in [1.54, 1.807) is 0 Å². The molecule has 2 heterocycles. The second-order valence-corrected chi connectivity index (χ2v) is 10.4. The van der Waals surface area contributed by atoms with Crippen LogP contribution in [0.3, 0.4) is 0 Å². The van der Waals surface area contributed by atoms with E-state index in [1.165, 1.54) is 16.4 Å². The van der Waals surface area contributed by atoms with Crippen LogP contribution in [0.15, 0.2) is 28.0 Å². The smallest absolute Gasteiger partial charge is 0.245 e. The van der Waals surface area contributed by atoms with Gasteiger partial charge in [0, 0.05) is 12.8 Å². The third-order valence-corrected chi connectivity index (χ3v) is 7.89. The molecule has 1 atom stereocenters. The number of hydrogen-bond acceptors (Lipinski definition) is 6. The molecule has 0 N–H and O–H groups in total. The quantitative estimate of drug-likeness (QED) is 0.751. The molecule has 0 saturated carbocycles. The molecule has 0 radical (unpaired) electrons. The van der Waals surface area contributed by atoms with Crippen molar-refractivity contribution in [1.82, 2.24) is 4.31 Å². The highest BCUT2D eigenvalue weighted by Gasteiger charge is 2.41. The van der Waals surface area contributed by atoms with Gasteiger partial charge in [0.2, 0.25) is 10.0 Å². The van der Waals surface area contributed by atoms with E-state index in [0.29, 0.717) is 32.6 Å². The molecule has 0 bridgehead atoms. The summed E-state index contributed by atoms with van der Waals surface area (Å²) in [4.78, 5) is -0.292. The fraction of sp³-hybridized carbons (Fsp3) is 0.600. The first kappa shape index (κ1) is 19.1. The zero-order chi connectivity index (χ0) is 18.2. The fourth-order valence-electron chi connectivity index (χ4n) is 3.14. The topological polar surface area (TPSA) is 90.0 Å². The van der Waals surface area contributed by atoms with Crippen molar-refractivity contribution in [3.8, 4) is 0 Å². The Morgan fingerprint density at radius 1 is 1.12 bits per heavy atom. The van der Waals surface area contributed by atoms with Crippen molar-refractivity contribution < 1.29 is 26.3 Å². The van der Waals surface area contributed by atoms with E-state index in [2.05, 4.69) is 0 Å². The van der Waals surface area contributed by atoms with Crippen molar-refractivity contribution in [2.75, 3.05) is 26.0 Å². The Balaban J connectivity index is 2.02. The lowest BCUT2D eigenvalue weighted by molar-refractivity contribution is -0.0913. The van der Waals surface area contributed by atoms with Crippen molar-refractivity contribution >= 4 is 31.5 Å². The van der Waals surface area contributed by atoms with Crippen LogP contribution in [0.4, 0.5) is 0 Å². The molecule has 1 aromatic rings. The van der Waals surface area contributed by atoms with Crippen LogP contribution in [0.25, 0.3) is 0 Å². The average Bonchev–Trinajstić information content (AvgIpc) is 3.08. The van der Waals surface area contributed by atoms with Crippen molar-refractivity contribution in [3.63, 3.8) is 0 Å². The van der Waals surface area contributed by atoms with Gasteiger partial charge in [-0.3, -0.25) is 0 Å². The molecule has 140 valence electrons. The Morgan fingerprint density at radius 3 is 2.44 bits per heavy atom. The summed E-state index contributed by atoms with van der Waals surface area (Å²) in [5.74, 6) is 0. The maximum absolute atomic E-state index is 13.2. The minimum absolute atomic E-state index is 0.00928. The summed E-state index contributed by atoms with van der Waals surface area (Å²) < 4.78 is 62.3. The molecule has 0 aromatic heterocycles. The molecule has 2 fully saturated rings. The van der Waals surface area contributed by atoms with Crippen LogP contribution in [-0.4, -0.2) is 59.5 Å². The van der Waals surface area contributed by atoms with Gasteiger partial charge in [-0.05, 0) is 31.0 Å². The molecular weight excluding hydrogens is 390 g/mol. The lowest BCUT2D eigenvalue weighted by Gasteiger charge is -2.37. The zero-order valence-electron chi connectivity index (χ0n) is 13.7. The summed E-state index contributed by atoms with van der Waals surface area (Å²) in [6, 6.07) is 3.27. The summed E-state index contributed by atoms with van der Waals surface area (Å²) in [7, 11) is -7.54. The van der Waals surface area contributed by atoms with E-state index < -0.39 is 32.2 Å². The molecule has 0 unspecified atom stereocenters. The van der Waals surface area contributed by atoms with Crippen molar-refractivity contribution in [2.45, 2.75) is 41.4 Å². The number of sulfonamides is 1. The number of piperidine rings is 1. The van der Waals surface area contributed by atoms with Crippen LogP contribution >= 0.6 is 11.6 Å². The number of nitrogens with zero attached hydrogens (tertiary/aromatic N) is 1. The molecule has 2 aliphatic rings. The lowest BCUT2D eigenvalue weighted by atomic mass is 10.0. The highest BCUT2D eigenvalue weighted by molar-refractivity contribution is 7.91. The number of benzene rings is 1. The van der Waals surface area contributed by atoms with Gasteiger partial charge < -0.3 is 9.47 Å². The first-order valence-corrected chi connectivity index (χ1v) is 11.7. The lowest BCUT2D eigenvalue weighted by Crippen LogP contribution is -2.50. The van der Waals surface area contributed by atoms with E-state index >= 15 is 0 Å². The molecule has 10 heteroatoms. The Labute approximate surface area is 152 Å². The molecule has 2 aliphatic heterocycles. The highest BCUT2D eigenvalue weighted by atomic mass is 35.5. The molecule has 2 saturated heterocycles. The predicted molar refractivity (Wildman–Crippen MR) is 91.8 cm³/mol. The monoisotopic (exact) mass is 409 g/mol. The third kappa shape index (κ3) is 3.86. The Kier molecular flexibility index (Phi) is 5.44. The van der Waals surface area contributed by atoms with Gasteiger partial charge in [0.1, 0.15) is 4.90 Å². The SMILES string of the molecule is CS(=O)(=O)c1ccc(Cl)c(S(=O)(=O)N2CCCC[C@@H]2C2OCCO2)c1. The Morgan fingerprint density at radius 2 is 1.80 bits per heavy atom. The van der Waals surface area contributed by atoms with Gasteiger partial charge >= 0.3 is 0 Å². The fourth-order valence-corrected chi connectivity index (χ4v) is 6.04. The summed E-state index contributed by atoms with van der Waals surface area (Å²) in [6.45, 7) is 1.17. The van der Waals surface area contributed by atoms with E-state index in [4.69, 9.17) is 21.1 Å². The normalized spacial score (nSPS) is 23.8. The molecule has 0 spiro atoms. The van der Waals surface area contributed by atoms with Crippen LogP contribution in [0.5, 0.6) is 0 Å². The second kappa shape index (κ2) is 7.13. The maximum Gasteiger partial charge on any atom is 0.245 e. The van der Waals surface area contributed by atoms with Gasteiger partial charge in [-0.2, -0.15) is 4.31 Å². The van der Waals surface area contributed by atoms with Crippen LogP contribution < -0.4 is 0 Å². The van der Waals surface area contributed by atoms with Crippen molar-refractivity contribution in [1.29, 1.82) is 0 Å². The molecule has 0 amide bonds.